The van der Waals surface area contributed by atoms with Gasteiger partial charge in [-0.05, 0) is 89.9 Å². The van der Waals surface area contributed by atoms with Crippen molar-refractivity contribution in [3.8, 4) is 0 Å². The first-order valence-corrected chi connectivity index (χ1v) is 26.5. The number of aliphatic hydroxyl groups is 4. The second kappa shape index (κ2) is 49.3. The van der Waals surface area contributed by atoms with Crippen molar-refractivity contribution in [2.75, 3.05) is 6.61 Å². The molecule has 0 fully saturated rings. The second-order valence-electron chi connectivity index (χ2n) is 18.2. The molecular formula is C55H103NO5. The zero-order valence-corrected chi connectivity index (χ0v) is 40.4. The van der Waals surface area contributed by atoms with Crippen molar-refractivity contribution >= 4 is 5.91 Å². The zero-order chi connectivity index (χ0) is 44.5. The normalized spacial score (nSPS) is 14.3. The largest absolute Gasteiger partial charge is 0.394 e. The molecule has 0 aliphatic carbocycles. The Morgan fingerprint density at radius 1 is 0.393 bits per heavy atom. The summed E-state index contributed by atoms with van der Waals surface area (Å²) < 4.78 is 0. The van der Waals surface area contributed by atoms with E-state index in [1.807, 2.05) is 0 Å². The van der Waals surface area contributed by atoms with E-state index in [2.05, 4.69) is 67.8 Å². The number of allylic oxidation sites excluding steroid dienone is 8. The van der Waals surface area contributed by atoms with Crippen LogP contribution in [0.1, 0.15) is 264 Å². The fourth-order valence-corrected chi connectivity index (χ4v) is 8.02. The molecule has 0 radical (unpaired) electrons. The third-order valence-corrected chi connectivity index (χ3v) is 12.2. The van der Waals surface area contributed by atoms with E-state index in [4.69, 9.17) is 0 Å². The van der Waals surface area contributed by atoms with Crippen LogP contribution in [-0.4, -0.2) is 57.3 Å². The van der Waals surface area contributed by atoms with Gasteiger partial charge in [-0.1, -0.05) is 223 Å². The lowest BCUT2D eigenvalue weighted by Crippen LogP contribution is -2.53. The van der Waals surface area contributed by atoms with Crippen LogP contribution in [0.4, 0.5) is 0 Å². The number of carbonyl (C=O) groups excluding carboxylic acids is 1. The Morgan fingerprint density at radius 2 is 0.689 bits per heavy atom. The topological polar surface area (TPSA) is 110 Å². The Labute approximate surface area is 379 Å². The van der Waals surface area contributed by atoms with Crippen LogP contribution in [0.5, 0.6) is 0 Å². The third kappa shape index (κ3) is 43.3. The Hall–Kier alpha value is -1.73. The summed E-state index contributed by atoms with van der Waals surface area (Å²) in [6.45, 7) is 4.05. The van der Waals surface area contributed by atoms with E-state index in [9.17, 15) is 25.2 Å². The van der Waals surface area contributed by atoms with E-state index in [1.165, 1.54) is 167 Å². The minimum absolute atomic E-state index is 0.351. The molecule has 0 saturated heterocycles. The van der Waals surface area contributed by atoms with Crippen LogP contribution < -0.4 is 5.32 Å². The minimum Gasteiger partial charge on any atom is -0.394 e. The van der Waals surface area contributed by atoms with Gasteiger partial charge in [-0.2, -0.15) is 0 Å². The van der Waals surface area contributed by atoms with Gasteiger partial charge >= 0.3 is 0 Å². The van der Waals surface area contributed by atoms with Crippen LogP contribution in [0.3, 0.4) is 0 Å². The van der Waals surface area contributed by atoms with Crippen molar-refractivity contribution in [3.05, 3.63) is 48.6 Å². The van der Waals surface area contributed by atoms with Crippen molar-refractivity contribution in [2.45, 2.75) is 289 Å². The molecule has 4 unspecified atom stereocenters. The van der Waals surface area contributed by atoms with Gasteiger partial charge in [0.15, 0.2) is 0 Å². The molecule has 0 spiro atoms. The van der Waals surface area contributed by atoms with Gasteiger partial charge in [-0.3, -0.25) is 4.79 Å². The molecular weight excluding hydrogens is 755 g/mol. The van der Waals surface area contributed by atoms with Crippen LogP contribution in [0.2, 0.25) is 0 Å². The number of hydrogen-bond acceptors (Lipinski definition) is 5. The first-order valence-electron chi connectivity index (χ1n) is 26.5. The SMILES string of the molecule is CCCCCCCCCCCCC/C=C\CCCCCCCCC(O)C(=O)NC(CO)C(O)C(O)CCC/C=C/CC/C=C/CC/C=C/CCCCCCCCCCCCC. The Kier molecular flexibility index (Phi) is 47.9. The van der Waals surface area contributed by atoms with Gasteiger partial charge in [0.1, 0.15) is 12.2 Å². The predicted molar refractivity (Wildman–Crippen MR) is 265 cm³/mol. The number of carbonyl (C=O) groups is 1. The van der Waals surface area contributed by atoms with E-state index < -0.39 is 36.9 Å². The third-order valence-electron chi connectivity index (χ3n) is 12.2. The monoisotopic (exact) mass is 858 g/mol. The lowest BCUT2D eigenvalue weighted by molar-refractivity contribution is -0.132. The van der Waals surface area contributed by atoms with Crippen LogP contribution in [0.25, 0.3) is 0 Å². The quantitative estimate of drug-likeness (QED) is 0.0309. The molecule has 0 bridgehead atoms. The molecule has 0 aliphatic rings. The van der Waals surface area contributed by atoms with Crippen LogP contribution in [-0.2, 0) is 4.79 Å². The number of amides is 1. The highest BCUT2D eigenvalue weighted by molar-refractivity contribution is 5.80. The number of nitrogens with one attached hydrogen (secondary N) is 1. The van der Waals surface area contributed by atoms with E-state index >= 15 is 0 Å². The molecule has 5 N–H and O–H groups in total. The van der Waals surface area contributed by atoms with Gasteiger partial charge in [-0.25, -0.2) is 0 Å². The summed E-state index contributed by atoms with van der Waals surface area (Å²) in [5.74, 6) is -0.603. The Morgan fingerprint density at radius 3 is 1.03 bits per heavy atom. The van der Waals surface area contributed by atoms with Crippen LogP contribution >= 0.6 is 0 Å². The standard InChI is InChI=1S/C55H103NO5/c1-3-5-7-9-11-13-15-17-19-21-23-25-26-27-29-30-32-34-36-38-40-42-44-46-48-52(58)54(60)51(50-57)56-55(61)53(59)49-47-45-43-41-39-37-35-33-31-28-24-22-20-18-16-14-12-10-8-6-4-2/h26-27,31-34,40,42,51-54,57-60H,3-25,28-30,35-39,41,43-50H2,1-2H3,(H,56,61)/b27-26+,33-31-,34-32+,42-40+. The van der Waals surface area contributed by atoms with Crippen molar-refractivity contribution in [1.29, 1.82) is 0 Å². The molecule has 4 atom stereocenters. The van der Waals surface area contributed by atoms with E-state index in [0.29, 0.717) is 19.3 Å². The molecule has 6 heteroatoms. The molecule has 61 heavy (non-hydrogen) atoms. The van der Waals surface area contributed by atoms with Crippen molar-refractivity contribution in [1.82, 2.24) is 5.32 Å². The number of hydrogen-bond donors (Lipinski definition) is 5. The fourth-order valence-electron chi connectivity index (χ4n) is 8.02. The predicted octanol–water partition coefficient (Wildman–Crippen LogP) is 15.0. The summed E-state index contributed by atoms with van der Waals surface area (Å²) in [5.41, 5.74) is 0. The van der Waals surface area contributed by atoms with Gasteiger partial charge in [0.2, 0.25) is 5.91 Å². The fraction of sp³-hybridized carbons (Fsp3) is 0.836. The summed E-state index contributed by atoms with van der Waals surface area (Å²) in [7, 11) is 0. The van der Waals surface area contributed by atoms with Crippen molar-refractivity contribution < 1.29 is 25.2 Å². The first kappa shape index (κ1) is 59.3. The van der Waals surface area contributed by atoms with Gasteiger partial charge in [0.05, 0.1) is 18.8 Å². The first-order chi connectivity index (χ1) is 30.0. The highest BCUT2D eigenvalue weighted by Gasteiger charge is 2.28. The van der Waals surface area contributed by atoms with Crippen molar-refractivity contribution in [3.63, 3.8) is 0 Å². The van der Waals surface area contributed by atoms with Gasteiger partial charge in [0.25, 0.3) is 0 Å². The molecule has 0 heterocycles. The van der Waals surface area contributed by atoms with E-state index in [1.54, 1.807) is 0 Å². The minimum atomic E-state index is -1.30. The second-order valence-corrected chi connectivity index (χ2v) is 18.2. The maximum atomic E-state index is 12.6. The average Bonchev–Trinajstić information content (AvgIpc) is 3.26. The summed E-state index contributed by atoms with van der Waals surface area (Å²) in [4.78, 5) is 12.6. The maximum Gasteiger partial charge on any atom is 0.249 e. The molecule has 0 aromatic carbocycles. The lowest BCUT2D eigenvalue weighted by Gasteiger charge is -2.27. The highest BCUT2D eigenvalue weighted by atomic mass is 16.3. The molecule has 0 aliphatic heterocycles. The highest BCUT2D eigenvalue weighted by Crippen LogP contribution is 2.16. The average molecular weight is 858 g/mol. The van der Waals surface area contributed by atoms with Crippen LogP contribution in [0.15, 0.2) is 48.6 Å². The molecule has 0 rings (SSSR count). The molecule has 6 nitrogen and oxygen atoms in total. The van der Waals surface area contributed by atoms with Gasteiger partial charge in [0, 0.05) is 0 Å². The van der Waals surface area contributed by atoms with E-state index in [0.717, 1.165) is 64.2 Å². The molecule has 1 amide bonds. The van der Waals surface area contributed by atoms with Crippen LogP contribution in [0, 0.1) is 0 Å². The molecule has 0 saturated carbocycles. The smallest absolute Gasteiger partial charge is 0.249 e. The molecule has 358 valence electrons. The number of rotatable bonds is 48. The number of aliphatic hydroxyl groups excluding tert-OH is 4. The molecule has 0 aromatic rings. The zero-order valence-electron chi connectivity index (χ0n) is 40.4. The summed E-state index contributed by atoms with van der Waals surface area (Å²) in [5, 5.41) is 43.9. The summed E-state index contributed by atoms with van der Waals surface area (Å²) in [6, 6.07) is -1.02. The number of unbranched alkanes of at least 4 members (excludes halogenated alkanes) is 31. The summed E-state index contributed by atoms with van der Waals surface area (Å²) in [6.07, 6.45) is 61.6. The Bertz CT molecular complexity index is 1010. The Balaban J connectivity index is 3.76. The lowest BCUT2D eigenvalue weighted by atomic mass is 10.00. The van der Waals surface area contributed by atoms with Gasteiger partial charge in [-0.15, -0.1) is 0 Å². The van der Waals surface area contributed by atoms with Gasteiger partial charge < -0.3 is 25.7 Å². The van der Waals surface area contributed by atoms with Crippen molar-refractivity contribution in [2.24, 2.45) is 0 Å². The molecule has 0 aromatic heterocycles. The summed E-state index contributed by atoms with van der Waals surface area (Å²) >= 11 is 0. The maximum absolute atomic E-state index is 12.6. The van der Waals surface area contributed by atoms with E-state index in [-0.39, 0.29) is 0 Å².